The summed E-state index contributed by atoms with van der Waals surface area (Å²) < 4.78 is 27.3. The fraction of sp³-hybridized carbons (Fsp3) is 0.333. The van der Waals surface area contributed by atoms with E-state index in [9.17, 15) is 18.0 Å². The average Bonchev–Trinajstić information content (AvgIpc) is 3.29. The Morgan fingerprint density at radius 3 is 2.70 bits per heavy atom. The summed E-state index contributed by atoms with van der Waals surface area (Å²) in [6.07, 6.45) is 0.531. The lowest BCUT2D eigenvalue weighted by Crippen LogP contribution is -2.43. The Morgan fingerprint density at radius 2 is 2.04 bits per heavy atom. The molecule has 0 saturated carbocycles. The van der Waals surface area contributed by atoms with Gasteiger partial charge in [0, 0.05) is 6.54 Å². The monoisotopic (exact) mass is 411 g/mol. The van der Waals surface area contributed by atoms with Gasteiger partial charge in [-0.2, -0.15) is 0 Å². The highest BCUT2D eigenvalue weighted by atomic mass is 32.2. The number of rotatable bonds is 5. The molecule has 1 aliphatic rings. The minimum absolute atomic E-state index is 0.00599. The Morgan fingerprint density at radius 1 is 1.30 bits per heavy atom. The predicted molar refractivity (Wildman–Crippen MR) is 96.3 cm³/mol. The van der Waals surface area contributed by atoms with E-state index < -0.39 is 32.4 Å². The van der Waals surface area contributed by atoms with Gasteiger partial charge in [0.2, 0.25) is 15.4 Å². The van der Waals surface area contributed by atoms with Crippen molar-refractivity contribution in [3.8, 4) is 0 Å². The molecule has 2 heterocycles. The third-order valence-corrected chi connectivity index (χ3v) is 6.02. The van der Waals surface area contributed by atoms with Crippen LogP contribution in [0.1, 0.15) is 18.4 Å². The first-order chi connectivity index (χ1) is 12.8. The fourth-order valence-electron chi connectivity index (χ4n) is 2.62. The molecule has 144 valence electrons. The maximum atomic E-state index is 12.5. The molecule has 12 heteroatoms. The molecule has 3 N–H and O–H groups in total. The highest BCUT2D eigenvalue weighted by molar-refractivity contribution is 7.91. The van der Waals surface area contributed by atoms with E-state index in [0.717, 1.165) is 5.56 Å². The number of hydrogen-bond acceptors (Lipinski definition) is 8. The van der Waals surface area contributed by atoms with Crippen molar-refractivity contribution in [3.05, 3.63) is 35.9 Å². The smallest absolute Gasteiger partial charge is 0.410 e. The summed E-state index contributed by atoms with van der Waals surface area (Å²) in [6.45, 7) is 0.503. The summed E-state index contributed by atoms with van der Waals surface area (Å²) in [6, 6.07) is 8.48. The largest absolute Gasteiger partial charge is 0.445 e. The van der Waals surface area contributed by atoms with Crippen molar-refractivity contribution in [2.75, 3.05) is 11.9 Å². The van der Waals surface area contributed by atoms with E-state index in [0.29, 0.717) is 30.7 Å². The van der Waals surface area contributed by atoms with Crippen molar-refractivity contribution < 1.29 is 22.7 Å². The van der Waals surface area contributed by atoms with Crippen molar-refractivity contribution in [1.82, 2.24) is 15.1 Å². The van der Waals surface area contributed by atoms with Gasteiger partial charge in [0.15, 0.2) is 0 Å². The molecular formula is C15H17N5O5S2. The molecule has 27 heavy (non-hydrogen) atoms. The quantitative estimate of drug-likeness (QED) is 0.696. The van der Waals surface area contributed by atoms with Gasteiger partial charge in [-0.1, -0.05) is 41.7 Å². The third kappa shape index (κ3) is 4.78. The highest BCUT2D eigenvalue weighted by Crippen LogP contribution is 2.23. The second-order valence-corrected chi connectivity index (χ2v) is 8.51. The average molecular weight is 411 g/mol. The van der Waals surface area contributed by atoms with Gasteiger partial charge in [-0.3, -0.25) is 15.0 Å². The number of carbonyl (C=O) groups excluding carboxylic acids is 2. The van der Waals surface area contributed by atoms with Crippen LogP contribution >= 0.6 is 11.3 Å². The molecular weight excluding hydrogens is 394 g/mol. The molecule has 1 atom stereocenters. The number of amides is 2. The van der Waals surface area contributed by atoms with Gasteiger partial charge < -0.3 is 4.74 Å². The molecule has 2 aromatic rings. The molecule has 0 spiro atoms. The summed E-state index contributed by atoms with van der Waals surface area (Å²) in [5, 5.41) is 14.4. The van der Waals surface area contributed by atoms with Crippen LogP contribution < -0.4 is 10.5 Å². The van der Waals surface area contributed by atoms with Gasteiger partial charge in [-0.25, -0.2) is 18.4 Å². The Bertz CT molecular complexity index is 931. The van der Waals surface area contributed by atoms with Crippen LogP contribution in [0.15, 0.2) is 34.7 Å². The van der Waals surface area contributed by atoms with E-state index in [1.54, 1.807) is 0 Å². The van der Waals surface area contributed by atoms with E-state index in [-0.39, 0.29) is 11.7 Å². The van der Waals surface area contributed by atoms with Gasteiger partial charge in [-0.15, -0.1) is 10.2 Å². The minimum atomic E-state index is -3.99. The Hall–Kier alpha value is -2.57. The van der Waals surface area contributed by atoms with Crippen molar-refractivity contribution in [1.29, 1.82) is 0 Å². The molecule has 1 saturated heterocycles. The van der Waals surface area contributed by atoms with E-state index in [1.165, 1.54) is 4.90 Å². The van der Waals surface area contributed by atoms with Gasteiger partial charge >= 0.3 is 6.09 Å². The number of hydrogen-bond donors (Lipinski definition) is 2. The first-order valence-electron chi connectivity index (χ1n) is 7.99. The molecule has 0 unspecified atom stereocenters. The molecule has 0 bridgehead atoms. The number of likely N-dealkylation sites (tertiary alicyclic amines) is 1. The zero-order valence-corrected chi connectivity index (χ0v) is 15.7. The molecule has 3 rings (SSSR count). The summed E-state index contributed by atoms with van der Waals surface area (Å²) in [4.78, 5) is 26.1. The van der Waals surface area contributed by atoms with Crippen molar-refractivity contribution in [3.63, 3.8) is 0 Å². The number of carbonyl (C=O) groups is 2. The van der Waals surface area contributed by atoms with Crippen LogP contribution in [0.5, 0.6) is 0 Å². The number of anilines is 1. The van der Waals surface area contributed by atoms with Crippen LogP contribution in [-0.2, 0) is 26.2 Å². The minimum Gasteiger partial charge on any atom is -0.445 e. The summed E-state index contributed by atoms with van der Waals surface area (Å²) in [5.74, 6) is -0.485. The van der Waals surface area contributed by atoms with Gasteiger partial charge in [0.05, 0.1) is 0 Å². The van der Waals surface area contributed by atoms with E-state index in [2.05, 4.69) is 15.5 Å². The van der Waals surface area contributed by atoms with Crippen molar-refractivity contribution >= 4 is 38.5 Å². The van der Waals surface area contributed by atoms with Gasteiger partial charge in [-0.05, 0) is 18.4 Å². The number of nitrogens with two attached hydrogens (primary N) is 1. The topological polar surface area (TPSA) is 145 Å². The summed E-state index contributed by atoms with van der Waals surface area (Å²) in [5.41, 5.74) is 0.843. The summed E-state index contributed by atoms with van der Waals surface area (Å²) in [7, 11) is -3.99. The van der Waals surface area contributed by atoms with E-state index >= 15 is 0 Å². The van der Waals surface area contributed by atoms with Crippen LogP contribution in [0, 0.1) is 0 Å². The zero-order chi connectivity index (χ0) is 19.4. The van der Waals surface area contributed by atoms with E-state index in [4.69, 9.17) is 9.88 Å². The van der Waals surface area contributed by atoms with Gasteiger partial charge in [0.25, 0.3) is 10.0 Å². The van der Waals surface area contributed by atoms with Crippen LogP contribution in [-0.4, -0.2) is 48.1 Å². The molecule has 2 amide bonds. The Kier molecular flexibility index (Phi) is 5.68. The number of nitrogens with one attached hydrogen (secondary N) is 1. The first-order valence-corrected chi connectivity index (χ1v) is 10.4. The maximum absolute atomic E-state index is 12.5. The zero-order valence-electron chi connectivity index (χ0n) is 14.1. The standard InChI is InChI=1S/C15H17N5O5S2/c16-27(23,24)14-19-18-13(26-14)17-12(21)11-7-4-8-20(11)15(22)25-9-10-5-2-1-3-6-10/h1-3,5-6,11H,4,7-9H2,(H2,16,23,24)(H,17,18,21)/t11-/m0/s1. The second kappa shape index (κ2) is 7.98. The molecule has 1 aliphatic heterocycles. The first kappa shape index (κ1) is 19.2. The fourth-order valence-corrected chi connectivity index (χ4v) is 3.96. The second-order valence-electron chi connectivity index (χ2n) is 5.80. The van der Waals surface area contributed by atoms with E-state index in [1.807, 2.05) is 30.3 Å². The van der Waals surface area contributed by atoms with Gasteiger partial charge in [0.1, 0.15) is 12.6 Å². The Labute approximate surface area is 159 Å². The third-order valence-electron chi connectivity index (χ3n) is 3.88. The molecule has 0 radical (unpaired) electrons. The van der Waals surface area contributed by atoms with Crippen LogP contribution in [0.4, 0.5) is 9.93 Å². The molecule has 10 nitrogen and oxygen atoms in total. The Balaban J connectivity index is 1.60. The molecule has 0 aliphatic carbocycles. The SMILES string of the molecule is NS(=O)(=O)c1nnc(NC(=O)[C@@H]2CCCN2C(=O)OCc2ccccc2)s1. The lowest BCUT2D eigenvalue weighted by Gasteiger charge is -2.22. The number of aromatic nitrogens is 2. The van der Waals surface area contributed by atoms with Crippen LogP contribution in [0.2, 0.25) is 0 Å². The van der Waals surface area contributed by atoms with Crippen molar-refractivity contribution in [2.45, 2.75) is 29.8 Å². The predicted octanol–water partition coefficient (Wildman–Crippen LogP) is 0.925. The number of ether oxygens (including phenoxy) is 1. The van der Waals surface area contributed by atoms with Crippen LogP contribution in [0.25, 0.3) is 0 Å². The van der Waals surface area contributed by atoms with Crippen molar-refractivity contribution in [2.24, 2.45) is 5.14 Å². The normalized spacial score (nSPS) is 16.9. The maximum Gasteiger partial charge on any atom is 0.410 e. The molecule has 1 aromatic carbocycles. The number of primary sulfonamides is 1. The number of benzene rings is 1. The molecule has 1 aromatic heterocycles. The lowest BCUT2D eigenvalue weighted by molar-refractivity contribution is -0.120. The molecule has 1 fully saturated rings. The number of sulfonamides is 1. The van der Waals surface area contributed by atoms with Crippen LogP contribution in [0.3, 0.4) is 0 Å². The summed E-state index contributed by atoms with van der Waals surface area (Å²) >= 11 is 0.642. The number of nitrogens with zero attached hydrogens (tertiary/aromatic N) is 3. The lowest BCUT2D eigenvalue weighted by atomic mass is 10.2. The highest BCUT2D eigenvalue weighted by Gasteiger charge is 2.35.